The highest BCUT2D eigenvalue weighted by atomic mass is 16.5. The molecule has 0 aromatic carbocycles. The highest BCUT2D eigenvalue weighted by molar-refractivity contribution is 5.90. The lowest BCUT2D eigenvalue weighted by atomic mass is 9.90. The number of rotatable bonds is 1. The van der Waals surface area contributed by atoms with Crippen LogP contribution < -0.4 is 11.1 Å². The first-order chi connectivity index (χ1) is 8.51. The predicted molar refractivity (Wildman–Crippen MR) is 68.2 cm³/mol. The lowest BCUT2D eigenvalue weighted by molar-refractivity contribution is -0.148. The van der Waals surface area contributed by atoms with Gasteiger partial charge in [-0.05, 0) is 25.8 Å². The largest absolute Gasteiger partial charge is 0.402 e. The fraction of sp³-hybridized carbons (Fsp3) is 0.667. The molecular weight excluding hydrogens is 232 g/mol. The zero-order chi connectivity index (χ0) is 13.2. The Hall–Kier alpha value is -1.56. The van der Waals surface area contributed by atoms with E-state index in [2.05, 4.69) is 5.32 Å². The Bertz CT molecular complexity index is 368. The average molecular weight is 252 g/mol. The van der Waals surface area contributed by atoms with E-state index < -0.39 is 0 Å². The summed E-state index contributed by atoms with van der Waals surface area (Å²) < 4.78 is 5.68. The summed E-state index contributed by atoms with van der Waals surface area (Å²) in [7, 11) is 0. The summed E-state index contributed by atoms with van der Waals surface area (Å²) in [6, 6.07) is 0. The first-order valence-electron chi connectivity index (χ1n) is 6.19. The number of carbonyl (C=O) groups is 1. The van der Waals surface area contributed by atoms with E-state index in [0.29, 0.717) is 18.1 Å². The normalized spacial score (nSPS) is 23.9. The van der Waals surface area contributed by atoms with Crippen molar-refractivity contribution in [2.24, 2.45) is 5.73 Å². The molecule has 1 spiro atoms. The van der Waals surface area contributed by atoms with Crippen LogP contribution in [0, 0.1) is 5.41 Å². The number of carbonyl (C=O) groups excluding carboxylic acids is 1. The third-order valence-corrected chi connectivity index (χ3v) is 3.50. The predicted octanol–water partition coefficient (Wildman–Crippen LogP) is -0.193. The maximum Gasteiger partial charge on any atom is 0.246 e. The maximum absolute atomic E-state index is 11.1. The number of nitrogens with zero attached hydrogens (tertiary/aromatic N) is 1. The van der Waals surface area contributed by atoms with E-state index in [1.54, 1.807) is 13.0 Å². The van der Waals surface area contributed by atoms with Gasteiger partial charge in [0.2, 0.25) is 5.91 Å². The van der Waals surface area contributed by atoms with Gasteiger partial charge in [-0.3, -0.25) is 10.2 Å². The van der Waals surface area contributed by atoms with E-state index in [1.807, 2.05) is 4.90 Å². The SMILES string of the molecule is CC(N)=CC(=N)N1CCC2(CC1)CNC(=O)CO2. The minimum Gasteiger partial charge on any atom is -0.402 e. The molecule has 2 heterocycles. The molecule has 2 aliphatic rings. The number of piperidine rings is 1. The third-order valence-electron chi connectivity index (χ3n) is 3.50. The molecule has 0 aliphatic carbocycles. The zero-order valence-electron chi connectivity index (χ0n) is 10.7. The van der Waals surface area contributed by atoms with Gasteiger partial charge < -0.3 is 20.7 Å². The van der Waals surface area contributed by atoms with E-state index in [4.69, 9.17) is 15.9 Å². The van der Waals surface area contributed by atoms with Crippen molar-refractivity contribution in [1.29, 1.82) is 5.41 Å². The summed E-state index contributed by atoms with van der Waals surface area (Å²) in [5.74, 6) is 0.405. The fourth-order valence-electron chi connectivity index (χ4n) is 2.36. The maximum atomic E-state index is 11.1. The van der Waals surface area contributed by atoms with Crippen LogP contribution in [0.15, 0.2) is 11.8 Å². The van der Waals surface area contributed by atoms with Crippen molar-refractivity contribution in [2.45, 2.75) is 25.4 Å². The quantitative estimate of drug-likeness (QED) is 0.445. The van der Waals surface area contributed by atoms with Crippen molar-refractivity contribution >= 4 is 11.7 Å². The van der Waals surface area contributed by atoms with Crippen molar-refractivity contribution in [2.75, 3.05) is 26.2 Å². The molecule has 0 saturated carbocycles. The Morgan fingerprint density at radius 3 is 2.72 bits per heavy atom. The summed E-state index contributed by atoms with van der Waals surface area (Å²) in [4.78, 5) is 13.1. The van der Waals surface area contributed by atoms with Crippen LogP contribution in [0.3, 0.4) is 0 Å². The van der Waals surface area contributed by atoms with Gasteiger partial charge in [0.25, 0.3) is 0 Å². The molecule has 4 N–H and O–H groups in total. The second-order valence-electron chi connectivity index (χ2n) is 5.01. The smallest absolute Gasteiger partial charge is 0.246 e. The number of nitrogens with two attached hydrogens (primary N) is 1. The third kappa shape index (κ3) is 2.81. The lowest BCUT2D eigenvalue weighted by Gasteiger charge is -2.44. The number of ether oxygens (including phenoxy) is 1. The van der Waals surface area contributed by atoms with E-state index in [9.17, 15) is 4.79 Å². The Morgan fingerprint density at radius 2 is 2.22 bits per heavy atom. The van der Waals surface area contributed by atoms with Crippen LogP contribution in [0.1, 0.15) is 19.8 Å². The minimum atomic E-state index is -0.230. The van der Waals surface area contributed by atoms with E-state index >= 15 is 0 Å². The highest BCUT2D eigenvalue weighted by Gasteiger charge is 2.39. The molecular formula is C12H20N4O2. The van der Waals surface area contributed by atoms with Crippen molar-refractivity contribution in [3.8, 4) is 0 Å². The topological polar surface area (TPSA) is 91.4 Å². The second-order valence-corrected chi connectivity index (χ2v) is 5.01. The first-order valence-corrected chi connectivity index (χ1v) is 6.19. The van der Waals surface area contributed by atoms with Gasteiger partial charge in [0.05, 0.1) is 5.60 Å². The minimum absolute atomic E-state index is 0.0440. The molecule has 6 nitrogen and oxygen atoms in total. The number of hydrogen-bond donors (Lipinski definition) is 3. The van der Waals surface area contributed by atoms with Gasteiger partial charge in [0.15, 0.2) is 0 Å². The van der Waals surface area contributed by atoms with Gasteiger partial charge in [-0.15, -0.1) is 0 Å². The Kier molecular flexibility index (Phi) is 3.56. The van der Waals surface area contributed by atoms with Crippen LogP contribution in [-0.2, 0) is 9.53 Å². The number of amides is 1. The molecule has 18 heavy (non-hydrogen) atoms. The van der Waals surface area contributed by atoms with Crippen LogP contribution >= 0.6 is 0 Å². The molecule has 2 rings (SSSR count). The summed E-state index contributed by atoms with van der Waals surface area (Å²) >= 11 is 0. The highest BCUT2D eigenvalue weighted by Crippen LogP contribution is 2.27. The molecule has 0 unspecified atom stereocenters. The number of morpholine rings is 1. The van der Waals surface area contributed by atoms with Crippen molar-refractivity contribution in [3.63, 3.8) is 0 Å². The monoisotopic (exact) mass is 252 g/mol. The molecule has 0 aromatic heterocycles. The lowest BCUT2D eigenvalue weighted by Crippen LogP contribution is -2.57. The van der Waals surface area contributed by atoms with Crippen LogP contribution in [0.4, 0.5) is 0 Å². The molecule has 0 bridgehead atoms. The van der Waals surface area contributed by atoms with Crippen molar-refractivity contribution in [1.82, 2.24) is 10.2 Å². The summed E-state index contributed by atoms with van der Waals surface area (Å²) in [5.41, 5.74) is 5.98. The van der Waals surface area contributed by atoms with Crippen LogP contribution in [0.5, 0.6) is 0 Å². The molecule has 2 fully saturated rings. The Labute approximate surface area is 107 Å². The van der Waals surface area contributed by atoms with Crippen molar-refractivity contribution in [3.05, 3.63) is 11.8 Å². The molecule has 6 heteroatoms. The summed E-state index contributed by atoms with van der Waals surface area (Å²) in [6.07, 6.45) is 3.32. The standard InChI is InChI=1S/C12H20N4O2/c1-9(13)6-10(14)16-4-2-12(3-5-16)8-15-11(17)7-18-12/h6,14H,2-5,7-8,13H2,1H3,(H,15,17). The van der Waals surface area contributed by atoms with E-state index in [-0.39, 0.29) is 18.1 Å². The van der Waals surface area contributed by atoms with Gasteiger partial charge in [-0.25, -0.2) is 0 Å². The number of amidine groups is 1. The summed E-state index contributed by atoms with van der Waals surface area (Å²) in [6.45, 7) is 4.04. The van der Waals surface area contributed by atoms with Crippen LogP contribution in [-0.4, -0.2) is 48.5 Å². The number of likely N-dealkylation sites (tertiary alicyclic amines) is 1. The first kappa shape index (κ1) is 12.9. The molecule has 100 valence electrons. The van der Waals surface area contributed by atoms with E-state index in [0.717, 1.165) is 25.9 Å². The Balaban J connectivity index is 1.90. The zero-order valence-corrected chi connectivity index (χ0v) is 10.7. The molecule has 0 atom stereocenters. The Morgan fingerprint density at radius 1 is 1.56 bits per heavy atom. The number of allylic oxidation sites excluding steroid dienone is 1. The van der Waals surface area contributed by atoms with Gasteiger partial charge in [0, 0.05) is 25.3 Å². The molecule has 1 amide bonds. The van der Waals surface area contributed by atoms with Crippen LogP contribution in [0.2, 0.25) is 0 Å². The van der Waals surface area contributed by atoms with Gasteiger partial charge in [-0.2, -0.15) is 0 Å². The number of nitrogens with one attached hydrogen (secondary N) is 2. The van der Waals surface area contributed by atoms with Gasteiger partial charge in [-0.1, -0.05) is 0 Å². The van der Waals surface area contributed by atoms with Crippen LogP contribution in [0.25, 0.3) is 0 Å². The molecule has 2 aliphatic heterocycles. The van der Waals surface area contributed by atoms with Gasteiger partial charge in [0.1, 0.15) is 12.4 Å². The molecule has 0 aromatic rings. The number of hydrogen-bond acceptors (Lipinski definition) is 4. The van der Waals surface area contributed by atoms with E-state index in [1.165, 1.54) is 0 Å². The second kappa shape index (κ2) is 4.97. The van der Waals surface area contributed by atoms with Gasteiger partial charge >= 0.3 is 0 Å². The molecule has 2 saturated heterocycles. The average Bonchev–Trinajstić information content (AvgIpc) is 2.33. The molecule has 0 radical (unpaired) electrons. The van der Waals surface area contributed by atoms with Crippen molar-refractivity contribution < 1.29 is 9.53 Å². The fourth-order valence-corrected chi connectivity index (χ4v) is 2.36. The summed E-state index contributed by atoms with van der Waals surface area (Å²) in [5, 5.41) is 10.8.